The minimum Gasteiger partial charge on any atom is -0.298 e. The lowest BCUT2D eigenvalue weighted by Gasteiger charge is -2.45. The molecule has 0 heterocycles. The zero-order chi connectivity index (χ0) is 11.1. The average Bonchev–Trinajstić information content (AvgIpc) is 2.24. The van der Waals surface area contributed by atoms with Gasteiger partial charge in [-0.25, -0.2) is 0 Å². The van der Waals surface area contributed by atoms with Crippen LogP contribution in [-0.4, -0.2) is 5.78 Å². The first kappa shape index (κ1) is 10.4. The molecule has 0 N–H and O–H groups in total. The van der Waals surface area contributed by atoms with Gasteiger partial charge in [-0.05, 0) is 43.1 Å². The van der Waals surface area contributed by atoms with Crippen LogP contribution in [0.1, 0.15) is 39.0 Å². The summed E-state index contributed by atoms with van der Waals surface area (Å²) in [5, 5.41) is 9.40. The van der Waals surface area contributed by atoms with E-state index >= 15 is 0 Å². The Hall–Kier alpha value is -1.10. The number of carbonyl (C=O) groups is 1. The molecule has 0 aromatic carbocycles. The van der Waals surface area contributed by atoms with Crippen molar-refractivity contribution in [2.45, 2.75) is 39.0 Å². The van der Waals surface area contributed by atoms with Crippen molar-refractivity contribution in [3.05, 3.63) is 12.2 Å². The maximum Gasteiger partial charge on any atom is 0.157 e. The van der Waals surface area contributed by atoms with Crippen LogP contribution in [0, 0.1) is 28.6 Å². The molecule has 2 nitrogen and oxygen atoms in total. The van der Waals surface area contributed by atoms with Crippen molar-refractivity contribution in [2.24, 2.45) is 17.3 Å². The fraction of sp³-hybridized carbons (Fsp3) is 0.692. The van der Waals surface area contributed by atoms with E-state index in [1.807, 2.05) is 0 Å². The predicted octanol–water partition coefficient (Wildman–Crippen LogP) is 2.85. The smallest absolute Gasteiger partial charge is 0.157 e. The van der Waals surface area contributed by atoms with Crippen LogP contribution in [0.5, 0.6) is 0 Å². The molecule has 0 aromatic heterocycles. The number of nitriles is 1. The van der Waals surface area contributed by atoms with Crippen LogP contribution in [-0.2, 0) is 4.79 Å². The summed E-state index contributed by atoms with van der Waals surface area (Å²) >= 11 is 0. The molecule has 0 radical (unpaired) electrons. The van der Waals surface area contributed by atoms with Gasteiger partial charge in [0.05, 0.1) is 6.07 Å². The largest absolute Gasteiger partial charge is 0.298 e. The summed E-state index contributed by atoms with van der Waals surface area (Å²) in [4.78, 5) is 12.1. The van der Waals surface area contributed by atoms with E-state index in [4.69, 9.17) is 0 Å². The van der Waals surface area contributed by atoms with Gasteiger partial charge in [-0.2, -0.15) is 5.26 Å². The van der Waals surface area contributed by atoms with Crippen molar-refractivity contribution in [1.82, 2.24) is 0 Å². The molecule has 2 fully saturated rings. The molecule has 0 spiro atoms. The van der Waals surface area contributed by atoms with Gasteiger partial charge in [0, 0.05) is 6.42 Å². The number of hydrogen-bond donors (Lipinski definition) is 0. The maximum atomic E-state index is 12.1. The zero-order valence-corrected chi connectivity index (χ0v) is 9.25. The molecular formula is C13H17NO. The van der Waals surface area contributed by atoms with Gasteiger partial charge in [-0.3, -0.25) is 4.79 Å². The third-order valence-electron chi connectivity index (χ3n) is 4.24. The van der Waals surface area contributed by atoms with Crippen molar-refractivity contribution in [1.29, 1.82) is 5.26 Å². The van der Waals surface area contributed by atoms with E-state index in [0.717, 1.165) is 31.3 Å². The van der Waals surface area contributed by atoms with Crippen LogP contribution in [0.15, 0.2) is 12.2 Å². The highest BCUT2D eigenvalue weighted by atomic mass is 16.1. The van der Waals surface area contributed by atoms with Crippen molar-refractivity contribution < 1.29 is 4.79 Å². The van der Waals surface area contributed by atoms with E-state index < -0.39 is 5.41 Å². The summed E-state index contributed by atoms with van der Waals surface area (Å²) in [6.45, 7) is 6.15. The molecule has 2 aliphatic carbocycles. The summed E-state index contributed by atoms with van der Waals surface area (Å²) in [5.74, 6) is 0.835. The molecule has 0 amide bonds. The Morgan fingerprint density at radius 3 is 2.80 bits per heavy atom. The highest BCUT2D eigenvalue weighted by molar-refractivity contribution is 5.92. The summed E-state index contributed by atoms with van der Waals surface area (Å²) in [7, 11) is 0. The average molecular weight is 203 g/mol. The maximum absolute atomic E-state index is 12.1. The third-order valence-corrected chi connectivity index (χ3v) is 4.24. The first-order valence-corrected chi connectivity index (χ1v) is 5.75. The Morgan fingerprint density at radius 2 is 2.20 bits per heavy atom. The van der Waals surface area contributed by atoms with Crippen LogP contribution in [0.3, 0.4) is 0 Å². The molecule has 2 aliphatic rings. The molecule has 0 aliphatic heterocycles. The molecule has 0 saturated heterocycles. The van der Waals surface area contributed by atoms with Gasteiger partial charge < -0.3 is 0 Å². The number of Topliss-reactive ketones (excluding diaryl/α,β-unsaturated/α-hetero) is 1. The van der Waals surface area contributed by atoms with Gasteiger partial charge >= 0.3 is 0 Å². The molecule has 3 atom stereocenters. The van der Waals surface area contributed by atoms with E-state index in [0.29, 0.717) is 12.3 Å². The lowest BCUT2D eigenvalue weighted by molar-refractivity contribution is -0.131. The van der Waals surface area contributed by atoms with Crippen LogP contribution < -0.4 is 0 Å². The van der Waals surface area contributed by atoms with E-state index in [-0.39, 0.29) is 11.7 Å². The fourth-order valence-corrected chi connectivity index (χ4v) is 3.31. The second-order valence-corrected chi connectivity index (χ2v) is 4.96. The Morgan fingerprint density at radius 1 is 1.47 bits per heavy atom. The molecule has 2 saturated carbocycles. The molecule has 0 aromatic rings. The topological polar surface area (TPSA) is 40.9 Å². The first-order valence-electron chi connectivity index (χ1n) is 5.75. The molecule has 15 heavy (non-hydrogen) atoms. The lowest BCUT2D eigenvalue weighted by Crippen LogP contribution is -2.47. The number of hydrogen-bond acceptors (Lipinski definition) is 2. The zero-order valence-electron chi connectivity index (χ0n) is 9.25. The summed E-state index contributed by atoms with van der Waals surface area (Å²) in [5.41, 5.74) is 0.0495. The standard InChI is InChI=1S/C13H17NO/c1-9-6-7-12(15)13(8-14)10(2)4-3-5-11(9)13/h9,11H,2-7H2,1H3/t9-,11+,13+/m0/s1. The number of fused-ring (bicyclic) bond motifs is 1. The number of carbonyl (C=O) groups excluding carboxylic acids is 1. The fourth-order valence-electron chi connectivity index (χ4n) is 3.31. The van der Waals surface area contributed by atoms with E-state index in [2.05, 4.69) is 19.6 Å². The minimum absolute atomic E-state index is 0.123. The Kier molecular flexibility index (Phi) is 2.42. The van der Waals surface area contributed by atoms with E-state index in [1.54, 1.807) is 0 Å². The molecule has 0 unspecified atom stereocenters. The van der Waals surface area contributed by atoms with Crippen LogP contribution in [0.2, 0.25) is 0 Å². The minimum atomic E-state index is -0.823. The van der Waals surface area contributed by atoms with Gasteiger partial charge in [0.1, 0.15) is 5.41 Å². The molecular weight excluding hydrogens is 186 g/mol. The van der Waals surface area contributed by atoms with Crippen molar-refractivity contribution in [3.8, 4) is 6.07 Å². The third kappa shape index (κ3) is 1.26. The van der Waals surface area contributed by atoms with Gasteiger partial charge in [0.15, 0.2) is 5.78 Å². The van der Waals surface area contributed by atoms with E-state index in [1.165, 1.54) is 0 Å². The Bertz CT molecular complexity index is 342. The molecule has 2 rings (SSSR count). The highest BCUT2D eigenvalue weighted by Crippen LogP contribution is 2.52. The van der Waals surface area contributed by atoms with Crippen molar-refractivity contribution in [3.63, 3.8) is 0 Å². The summed E-state index contributed by atoms with van der Waals surface area (Å²) in [6, 6.07) is 2.30. The lowest BCUT2D eigenvalue weighted by atomic mass is 9.54. The SMILES string of the molecule is C=C1CCC[C@@H]2[C@@H](C)CCC(=O)[C@]12C#N. The van der Waals surface area contributed by atoms with Crippen LogP contribution in [0.25, 0.3) is 0 Å². The monoisotopic (exact) mass is 203 g/mol. The van der Waals surface area contributed by atoms with Gasteiger partial charge in [-0.15, -0.1) is 0 Å². The van der Waals surface area contributed by atoms with Gasteiger partial charge in [0.25, 0.3) is 0 Å². The molecule has 80 valence electrons. The normalized spacial score (nSPS) is 40.8. The number of allylic oxidation sites excluding steroid dienone is 1. The number of rotatable bonds is 0. The summed E-state index contributed by atoms with van der Waals surface area (Å²) < 4.78 is 0. The Balaban J connectivity index is 2.47. The van der Waals surface area contributed by atoms with Crippen LogP contribution in [0.4, 0.5) is 0 Å². The van der Waals surface area contributed by atoms with E-state index in [9.17, 15) is 10.1 Å². The molecule has 0 bridgehead atoms. The predicted molar refractivity (Wildman–Crippen MR) is 57.9 cm³/mol. The quantitative estimate of drug-likeness (QED) is 0.568. The first-order chi connectivity index (χ1) is 7.13. The van der Waals surface area contributed by atoms with Gasteiger partial charge in [0.2, 0.25) is 0 Å². The van der Waals surface area contributed by atoms with Crippen molar-refractivity contribution >= 4 is 5.78 Å². The second-order valence-electron chi connectivity index (χ2n) is 4.96. The molecule has 2 heteroatoms. The summed E-state index contributed by atoms with van der Waals surface area (Å²) in [6.07, 6.45) is 4.46. The van der Waals surface area contributed by atoms with Crippen LogP contribution >= 0.6 is 0 Å². The number of ketones is 1. The second kappa shape index (κ2) is 3.48. The van der Waals surface area contributed by atoms with Gasteiger partial charge in [-0.1, -0.05) is 13.5 Å². The van der Waals surface area contributed by atoms with Crippen molar-refractivity contribution in [2.75, 3.05) is 0 Å². The Labute approximate surface area is 91.0 Å². The number of nitrogens with zero attached hydrogens (tertiary/aromatic N) is 1. The highest BCUT2D eigenvalue weighted by Gasteiger charge is 2.53.